The highest BCUT2D eigenvalue weighted by atomic mass is 16.2. The lowest BCUT2D eigenvalue weighted by Crippen LogP contribution is -2.47. The van der Waals surface area contributed by atoms with Crippen LogP contribution in [0.15, 0.2) is 18.3 Å². The van der Waals surface area contributed by atoms with Crippen LogP contribution in [0.2, 0.25) is 0 Å². The maximum Gasteiger partial charge on any atom is 0.272 e. The van der Waals surface area contributed by atoms with E-state index in [1.807, 2.05) is 21.9 Å². The van der Waals surface area contributed by atoms with Gasteiger partial charge in [0.05, 0.1) is 6.54 Å². The average molecular weight is 316 g/mol. The highest BCUT2D eigenvalue weighted by Crippen LogP contribution is 2.28. The van der Waals surface area contributed by atoms with Crippen LogP contribution in [0.5, 0.6) is 0 Å². The molecule has 2 fully saturated rings. The van der Waals surface area contributed by atoms with Crippen molar-refractivity contribution in [1.29, 1.82) is 0 Å². The lowest BCUT2D eigenvalue weighted by molar-refractivity contribution is -0.120. The molecule has 2 unspecified atom stereocenters. The number of nitrogens with zero attached hydrogens (tertiary/aromatic N) is 3. The monoisotopic (exact) mass is 316 g/mol. The second-order valence-corrected chi connectivity index (χ2v) is 6.41. The van der Waals surface area contributed by atoms with Crippen LogP contribution < -0.4 is 10.2 Å². The first-order valence-corrected chi connectivity index (χ1v) is 8.38. The Balaban J connectivity index is 1.79. The molecule has 6 nitrogen and oxygen atoms in total. The van der Waals surface area contributed by atoms with Crippen molar-refractivity contribution in [2.24, 2.45) is 5.92 Å². The summed E-state index contributed by atoms with van der Waals surface area (Å²) >= 11 is 0. The molecule has 3 heterocycles. The Bertz CT molecular complexity index is 604. The first-order valence-electron chi connectivity index (χ1n) is 8.38. The number of nitrogens with one attached hydrogen (secondary N) is 1. The number of carbonyl (C=O) groups excluding carboxylic acids is 2. The quantitative estimate of drug-likeness (QED) is 0.912. The number of piperazine rings is 1. The Morgan fingerprint density at radius 3 is 3.00 bits per heavy atom. The zero-order valence-corrected chi connectivity index (χ0v) is 13.8. The molecule has 23 heavy (non-hydrogen) atoms. The topological polar surface area (TPSA) is 65.5 Å². The van der Waals surface area contributed by atoms with Crippen molar-refractivity contribution in [2.75, 3.05) is 31.1 Å². The molecule has 2 aliphatic heterocycles. The van der Waals surface area contributed by atoms with Crippen LogP contribution in [0, 0.1) is 5.92 Å². The zero-order valence-electron chi connectivity index (χ0n) is 13.8. The molecule has 0 aromatic carbocycles. The van der Waals surface area contributed by atoms with Gasteiger partial charge in [-0.3, -0.25) is 14.6 Å². The molecule has 1 aromatic rings. The number of pyridine rings is 1. The van der Waals surface area contributed by atoms with Gasteiger partial charge in [-0.1, -0.05) is 13.8 Å². The van der Waals surface area contributed by atoms with Crippen molar-refractivity contribution in [3.05, 3.63) is 24.0 Å². The first-order chi connectivity index (χ1) is 11.1. The summed E-state index contributed by atoms with van der Waals surface area (Å²) in [5, 5.41) is 2.81. The van der Waals surface area contributed by atoms with Gasteiger partial charge in [-0.15, -0.1) is 0 Å². The van der Waals surface area contributed by atoms with Gasteiger partial charge in [-0.2, -0.15) is 0 Å². The van der Waals surface area contributed by atoms with E-state index in [4.69, 9.17) is 0 Å². The summed E-state index contributed by atoms with van der Waals surface area (Å²) in [6, 6.07) is 3.98. The van der Waals surface area contributed by atoms with Gasteiger partial charge >= 0.3 is 0 Å². The van der Waals surface area contributed by atoms with Crippen LogP contribution in [0.3, 0.4) is 0 Å². The molecule has 2 aliphatic rings. The Hall–Kier alpha value is -2.11. The Morgan fingerprint density at radius 2 is 2.26 bits per heavy atom. The number of likely N-dealkylation sites (tertiary alicyclic amines) is 1. The maximum absolute atomic E-state index is 12.8. The molecule has 3 rings (SSSR count). The maximum atomic E-state index is 12.8. The van der Waals surface area contributed by atoms with E-state index in [1.165, 1.54) is 0 Å². The number of hydrogen-bond donors (Lipinski definition) is 1. The van der Waals surface area contributed by atoms with E-state index in [0.29, 0.717) is 30.7 Å². The minimum Gasteiger partial charge on any atom is -0.360 e. The molecule has 0 bridgehead atoms. The van der Waals surface area contributed by atoms with Crippen molar-refractivity contribution in [3.8, 4) is 0 Å². The molecule has 6 heteroatoms. The number of aromatic nitrogens is 1. The highest BCUT2D eigenvalue weighted by Gasteiger charge is 2.34. The van der Waals surface area contributed by atoms with E-state index in [9.17, 15) is 9.59 Å². The minimum absolute atomic E-state index is 0.00418. The predicted octanol–water partition coefficient (Wildman–Crippen LogP) is 1.28. The number of rotatable bonds is 3. The van der Waals surface area contributed by atoms with Crippen LogP contribution >= 0.6 is 0 Å². The summed E-state index contributed by atoms with van der Waals surface area (Å²) in [7, 11) is 0. The molecule has 2 atom stereocenters. The minimum atomic E-state index is 0.00418. The number of anilines is 1. The normalized spacial score (nSPS) is 24.7. The third kappa shape index (κ3) is 3.16. The summed E-state index contributed by atoms with van der Waals surface area (Å²) < 4.78 is 0. The summed E-state index contributed by atoms with van der Waals surface area (Å²) in [4.78, 5) is 32.6. The number of amides is 2. The van der Waals surface area contributed by atoms with E-state index < -0.39 is 0 Å². The fraction of sp³-hybridized carbons (Fsp3) is 0.588. The second-order valence-electron chi connectivity index (χ2n) is 6.41. The molecule has 1 N–H and O–H groups in total. The standard InChI is InChI=1S/C17H24N4O2/c1-3-15-12(2)5-8-21(15)17(23)14-10-13(4-6-18-14)20-9-7-19-16(22)11-20/h4,6,10,12,15H,3,5,7-9,11H2,1-2H3,(H,19,22). The van der Waals surface area contributed by atoms with E-state index in [0.717, 1.165) is 31.6 Å². The van der Waals surface area contributed by atoms with Gasteiger partial charge < -0.3 is 15.1 Å². The largest absolute Gasteiger partial charge is 0.360 e. The summed E-state index contributed by atoms with van der Waals surface area (Å²) in [5.41, 5.74) is 1.36. The van der Waals surface area contributed by atoms with Crippen molar-refractivity contribution in [3.63, 3.8) is 0 Å². The Kier molecular flexibility index (Phi) is 4.50. The van der Waals surface area contributed by atoms with E-state index in [2.05, 4.69) is 24.1 Å². The van der Waals surface area contributed by atoms with E-state index in [1.54, 1.807) is 6.20 Å². The highest BCUT2D eigenvalue weighted by molar-refractivity contribution is 5.94. The van der Waals surface area contributed by atoms with Crippen LogP contribution in [-0.2, 0) is 4.79 Å². The van der Waals surface area contributed by atoms with Gasteiger partial charge in [-0.25, -0.2) is 0 Å². The van der Waals surface area contributed by atoms with Gasteiger partial charge in [-0.05, 0) is 30.9 Å². The third-order valence-corrected chi connectivity index (χ3v) is 4.93. The van der Waals surface area contributed by atoms with Gasteiger partial charge in [0, 0.05) is 37.6 Å². The van der Waals surface area contributed by atoms with Crippen LogP contribution in [0.25, 0.3) is 0 Å². The lowest BCUT2D eigenvalue weighted by atomic mass is 10.0. The molecule has 2 amide bonds. The molecule has 0 aliphatic carbocycles. The fourth-order valence-corrected chi connectivity index (χ4v) is 3.62. The van der Waals surface area contributed by atoms with Crippen molar-refractivity contribution in [2.45, 2.75) is 32.7 Å². The smallest absolute Gasteiger partial charge is 0.272 e. The molecule has 0 spiro atoms. The molecule has 0 radical (unpaired) electrons. The summed E-state index contributed by atoms with van der Waals surface area (Å²) in [5.74, 6) is 0.558. The Morgan fingerprint density at radius 1 is 1.43 bits per heavy atom. The molecule has 2 saturated heterocycles. The van der Waals surface area contributed by atoms with Gasteiger partial charge in [0.2, 0.25) is 5.91 Å². The third-order valence-electron chi connectivity index (χ3n) is 4.93. The van der Waals surface area contributed by atoms with Gasteiger partial charge in [0.15, 0.2) is 0 Å². The van der Waals surface area contributed by atoms with Gasteiger partial charge in [0.25, 0.3) is 5.91 Å². The van der Waals surface area contributed by atoms with Crippen molar-refractivity contribution >= 4 is 17.5 Å². The predicted molar refractivity (Wildman–Crippen MR) is 88.4 cm³/mol. The van der Waals surface area contributed by atoms with E-state index >= 15 is 0 Å². The molecule has 0 saturated carbocycles. The van der Waals surface area contributed by atoms with Crippen LogP contribution in [-0.4, -0.2) is 53.9 Å². The average Bonchev–Trinajstić information content (AvgIpc) is 2.95. The number of hydrogen-bond acceptors (Lipinski definition) is 4. The van der Waals surface area contributed by atoms with Crippen LogP contribution in [0.4, 0.5) is 5.69 Å². The first kappa shape index (κ1) is 15.8. The SMILES string of the molecule is CCC1C(C)CCN1C(=O)c1cc(N2CCNC(=O)C2)ccn1. The summed E-state index contributed by atoms with van der Waals surface area (Å²) in [6.45, 7) is 6.85. The zero-order chi connectivity index (χ0) is 16.4. The van der Waals surface area contributed by atoms with Crippen molar-refractivity contribution in [1.82, 2.24) is 15.2 Å². The lowest BCUT2D eigenvalue weighted by Gasteiger charge is -2.29. The number of carbonyl (C=O) groups is 2. The molecular formula is C17H24N4O2. The van der Waals surface area contributed by atoms with Crippen molar-refractivity contribution < 1.29 is 9.59 Å². The van der Waals surface area contributed by atoms with E-state index in [-0.39, 0.29) is 11.8 Å². The summed E-state index contributed by atoms with van der Waals surface area (Å²) in [6.07, 6.45) is 3.69. The fourth-order valence-electron chi connectivity index (χ4n) is 3.62. The molecule has 1 aromatic heterocycles. The second kappa shape index (κ2) is 6.56. The molecular weight excluding hydrogens is 292 g/mol. The Labute approximate surface area is 136 Å². The van der Waals surface area contributed by atoms with Crippen LogP contribution in [0.1, 0.15) is 37.2 Å². The van der Waals surface area contributed by atoms with Gasteiger partial charge in [0.1, 0.15) is 5.69 Å². The molecule has 124 valence electrons.